The van der Waals surface area contributed by atoms with Gasteiger partial charge in [0.05, 0.1) is 24.2 Å². The van der Waals surface area contributed by atoms with E-state index in [9.17, 15) is 13.2 Å². The second-order valence-corrected chi connectivity index (χ2v) is 13.2. The number of esters is 1. The zero-order valence-corrected chi connectivity index (χ0v) is 22.9. The molecular formula is C31H31NO6S. The van der Waals surface area contributed by atoms with Crippen LogP contribution >= 0.6 is 0 Å². The van der Waals surface area contributed by atoms with Gasteiger partial charge in [-0.1, -0.05) is 66.2 Å². The highest BCUT2D eigenvalue weighted by atomic mass is 32.2. The molecule has 3 aliphatic heterocycles. The zero-order valence-electron chi connectivity index (χ0n) is 22.1. The smallest absolute Gasteiger partial charge is 0.317 e. The van der Waals surface area contributed by atoms with Crippen molar-refractivity contribution in [2.24, 2.45) is 10.8 Å². The van der Waals surface area contributed by atoms with E-state index in [4.69, 9.17) is 14.2 Å². The van der Waals surface area contributed by atoms with Crippen molar-refractivity contribution in [2.45, 2.75) is 42.3 Å². The molecule has 0 unspecified atom stereocenters. The van der Waals surface area contributed by atoms with E-state index in [1.54, 1.807) is 24.3 Å². The number of nitrogens with zero attached hydrogens (tertiary/aromatic N) is 1. The minimum Gasteiger partial charge on any atom is -0.468 e. The highest BCUT2D eigenvalue weighted by molar-refractivity contribution is 7.92. The van der Waals surface area contributed by atoms with E-state index in [0.717, 1.165) is 11.1 Å². The summed E-state index contributed by atoms with van der Waals surface area (Å²) in [5, 5.41) is 0. The first-order valence-corrected chi connectivity index (χ1v) is 14.8. The fourth-order valence-corrected chi connectivity index (χ4v) is 9.54. The molecule has 3 atom stereocenters. The van der Waals surface area contributed by atoms with Gasteiger partial charge in [0, 0.05) is 24.2 Å². The molecule has 0 amide bonds. The number of epoxide rings is 1. The summed E-state index contributed by atoms with van der Waals surface area (Å²) in [4.78, 5) is 14.3. The van der Waals surface area contributed by atoms with Crippen LogP contribution in [0.25, 0.3) is 0 Å². The number of sulfonamides is 1. The Bertz CT molecular complexity index is 1570. The van der Waals surface area contributed by atoms with Crippen LogP contribution in [0.1, 0.15) is 36.0 Å². The second kappa shape index (κ2) is 8.16. The standard InChI is InChI=1S/C31H31NO6S/c1-22-12-14-24(15-13-22)39(34,35)32-21-29(27(33)36-2)20-28(16-18-37-19-17-28)30(23-8-4-3-5-9-23)31(29,38-30)25-10-6-7-11-26(25)32/h3-15H,16-21H2,1-2H3/t29-,30-,31+/m1/s1. The molecule has 3 aromatic rings. The summed E-state index contributed by atoms with van der Waals surface area (Å²) >= 11 is 0. The van der Waals surface area contributed by atoms with E-state index in [1.807, 2.05) is 49.4 Å². The predicted molar refractivity (Wildman–Crippen MR) is 145 cm³/mol. The molecule has 4 aliphatic rings. The number of para-hydroxylation sites is 1. The fraction of sp³-hybridized carbons (Fsp3) is 0.387. The fourth-order valence-electron chi connectivity index (χ4n) is 8.00. The summed E-state index contributed by atoms with van der Waals surface area (Å²) < 4.78 is 48.3. The van der Waals surface area contributed by atoms with Crippen molar-refractivity contribution >= 4 is 21.7 Å². The molecule has 8 heteroatoms. The van der Waals surface area contributed by atoms with Crippen LogP contribution in [0, 0.1) is 17.8 Å². The molecule has 202 valence electrons. The average Bonchev–Trinajstić information content (AvgIpc) is 3.64. The number of rotatable bonds is 4. The van der Waals surface area contributed by atoms with Gasteiger partial charge in [-0.25, -0.2) is 8.42 Å². The molecule has 2 saturated heterocycles. The maximum atomic E-state index is 14.3. The molecule has 0 N–H and O–H groups in total. The molecule has 0 bridgehead atoms. The number of hydrogen-bond acceptors (Lipinski definition) is 6. The molecule has 3 heterocycles. The van der Waals surface area contributed by atoms with Crippen LogP contribution in [-0.4, -0.2) is 41.3 Å². The molecule has 0 aromatic heterocycles. The largest absolute Gasteiger partial charge is 0.468 e. The summed E-state index contributed by atoms with van der Waals surface area (Å²) in [6.07, 6.45) is 1.85. The average molecular weight is 546 g/mol. The number of carbonyl (C=O) groups excluding carboxylic acids is 1. The van der Waals surface area contributed by atoms with Gasteiger partial charge < -0.3 is 14.2 Å². The quantitative estimate of drug-likeness (QED) is 0.350. The third kappa shape index (κ3) is 2.89. The number of fused-ring (bicyclic) bond motifs is 2. The molecule has 7 nitrogen and oxygen atoms in total. The minimum atomic E-state index is -4.00. The summed E-state index contributed by atoms with van der Waals surface area (Å²) in [5.41, 5.74) is -0.337. The highest BCUT2D eigenvalue weighted by Crippen LogP contribution is 2.87. The molecule has 2 spiro atoms. The summed E-state index contributed by atoms with van der Waals surface area (Å²) in [7, 11) is -2.62. The maximum absolute atomic E-state index is 14.3. The molecule has 1 aliphatic carbocycles. The van der Waals surface area contributed by atoms with Gasteiger partial charge >= 0.3 is 5.97 Å². The van der Waals surface area contributed by atoms with Crippen LogP contribution in [0.3, 0.4) is 0 Å². The number of anilines is 1. The minimum absolute atomic E-state index is 0.0654. The van der Waals surface area contributed by atoms with E-state index >= 15 is 0 Å². The Labute approximate surface area is 228 Å². The van der Waals surface area contributed by atoms with Crippen molar-refractivity contribution in [3.05, 3.63) is 95.6 Å². The lowest BCUT2D eigenvalue weighted by atomic mass is 9.65. The van der Waals surface area contributed by atoms with Gasteiger partial charge in [0.1, 0.15) is 16.6 Å². The van der Waals surface area contributed by atoms with Crippen molar-refractivity contribution in [1.82, 2.24) is 0 Å². The van der Waals surface area contributed by atoms with Gasteiger partial charge in [0.25, 0.3) is 10.0 Å². The Morgan fingerprint density at radius 3 is 2.26 bits per heavy atom. The number of carbonyl (C=O) groups is 1. The molecule has 39 heavy (non-hydrogen) atoms. The van der Waals surface area contributed by atoms with Crippen molar-refractivity contribution in [3.63, 3.8) is 0 Å². The van der Waals surface area contributed by atoms with Gasteiger partial charge in [0.15, 0.2) is 0 Å². The van der Waals surface area contributed by atoms with Crippen molar-refractivity contribution in [2.75, 3.05) is 31.2 Å². The van der Waals surface area contributed by atoms with E-state index in [1.165, 1.54) is 11.4 Å². The molecule has 3 fully saturated rings. The van der Waals surface area contributed by atoms with Crippen LogP contribution in [0.5, 0.6) is 0 Å². The normalized spacial score (nSPS) is 30.3. The lowest BCUT2D eigenvalue weighted by Gasteiger charge is -2.45. The van der Waals surface area contributed by atoms with Crippen molar-refractivity contribution in [3.8, 4) is 0 Å². The van der Waals surface area contributed by atoms with Crippen LogP contribution in [0.2, 0.25) is 0 Å². The number of ether oxygens (including phenoxy) is 3. The topological polar surface area (TPSA) is 85.4 Å². The second-order valence-electron chi connectivity index (χ2n) is 11.3. The molecule has 0 radical (unpaired) electrons. The number of benzene rings is 3. The highest BCUT2D eigenvalue weighted by Gasteiger charge is 2.94. The summed E-state index contributed by atoms with van der Waals surface area (Å²) in [6, 6.07) is 24.4. The monoisotopic (exact) mass is 545 g/mol. The molecule has 1 saturated carbocycles. The lowest BCUT2D eigenvalue weighted by Crippen LogP contribution is -2.56. The summed E-state index contributed by atoms with van der Waals surface area (Å²) in [5.74, 6) is -0.442. The van der Waals surface area contributed by atoms with E-state index in [-0.39, 0.29) is 11.4 Å². The first-order chi connectivity index (χ1) is 18.8. The lowest BCUT2D eigenvalue weighted by molar-refractivity contribution is -0.161. The molecule has 7 rings (SSSR count). The van der Waals surface area contributed by atoms with Crippen LogP contribution in [0.15, 0.2) is 83.8 Å². The van der Waals surface area contributed by atoms with E-state index in [0.29, 0.717) is 43.7 Å². The molecular weight excluding hydrogens is 514 g/mol. The molecule has 3 aromatic carbocycles. The SMILES string of the molecule is COC(=O)[C@@]12CN(S(=O)(=O)c3ccc(C)cc3)c3ccccc3[C@]13O[C@]3(c1ccccc1)C1(CCOCC1)C2. The summed E-state index contributed by atoms with van der Waals surface area (Å²) in [6.45, 7) is 2.96. The Morgan fingerprint density at radius 1 is 0.897 bits per heavy atom. The van der Waals surface area contributed by atoms with Gasteiger partial charge in [-0.05, 0) is 49.9 Å². The van der Waals surface area contributed by atoms with E-state index < -0.39 is 38.0 Å². The zero-order chi connectivity index (χ0) is 27.1. The Kier molecular flexibility index (Phi) is 5.19. The third-order valence-electron chi connectivity index (χ3n) is 9.60. The number of aryl methyl sites for hydroxylation is 1. The first kappa shape index (κ1) is 24.8. The van der Waals surface area contributed by atoms with Gasteiger partial charge in [-0.2, -0.15) is 0 Å². The van der Waals surface area contributed by atoms with Gasteiger partial charge in [-0.3, -0.25) is 9.10 Å². The Morgan fingerprint density at radius 2 is 1.56 bits per heavy atom. The maximum Gasteiger partial charge on any atom is 0.317 e. The Hall–Kier alpha value is -3.20. The van der Waals surface area contributed by atoms with Crippen LogP contribution in [0.4, 0.5) is 5.69 Å². The van der Waals surface area contributed by atoms with E-state index in [2.05, 4.69) is 12.1 Å². The van der Waals surface area contributed by atoms with Crippen molar-refractivity contribution in [1.29, 1.82) is 0 Å². The van der Waals surface area contributed by atoms with Gasteiger partial charge in [0.2, 0.25) is 0 Å². The first-order valence-electron chi connectivity index (χ1n) is 13.4. The van der Waals surface area contributed by atoms with Crippen molar-refractivity contribution < 1.29 is 27.4 Å². The predicted octanol–water partition coefficient (Wildman–Crippen LogP) is 4.68. The third-order valence-corrected chi connectivity index (χ3v) is 11.4. The number of methoxy groups -OCH3 is 1. The Balaban J connectivity index is 1.52. The van der Waals surface area contributed by atoms with Gasteiger partial charge in [-0.15, -0.1) is 0 Å². The van der Waals surface area contributed by atoms with Crippen LogP contribution in [-0.2, 0) is 40.2 Å². The number of hydrogen-bond donors (Lipinski definition) is 0. The van der Waals surface area contributed by atoms with Crippen LogP contribution < -0.4 is 4.31 Å².